The number of hydrogen-bond donors (Lipinski definition) is 1. The van der Waals surface area contributed by atoms with Gasteiger partial charge >= 0.3 is 0 Å². The maximum Gasteiger partial charge on any atom is 0.289 e. The van der Waals surface area contributed by atoms with Crippen LogP contribution in [0.3, 0.4) is 0 Å². The molecule has 1 heterocycles. The summed E-state index contributed by atoms with van der Waals surface area (Å²) in [5.74, 6) is -0.322. The second-order valence-electron chi connectivity index (χ2n) is 3.69. The molecule has 0 atom stereocenters. The lowest BCUT2D eigenvalue weighted by Crippen LogP contribution is -2.18. The van der Waals surface area contributed by atoms with Gasteiger partial charge < -0.3 is 0 Å². The maximum absolute atomic E-state index is 11.6. The second-order valence-corrected chi connectivity index (χ2v) is 4.57. The van der Waals surface area contributed by atoms with Gasteiger partial charge in [0.1, 0.15) is 5.69 Å². The van der Waals surface area contributed by atoms with E-state index in [0.717, 1.165) is 5.56 Å². The molecule has 0 bridgehead atoms. The highest BCUT2D eigenvalue weighted by molar-refractivity contribution is 7.98. The SMILES string of the molecule is CSc1ccc(/C=N/NC(=O)c2ccccn2)cc1. The molecule has 0 aliphatic carbocycles. The van der Waals surface area contributed by atoms with Gasteiger partial charge in [0.2, 0.25) is 0 Å². The van der Waals surface area contributed by atoms with E-state index in [9.17, 15) is 4.79 Å². The molecule has 0 spiro atoms. The number of hydrogen-bond acceptors (Lipinski definition) is 4. The van der Waals surface area contributed by atoms with Gasteiger partial charge in [0.05, 0.1) is 6.21 Å². The van der Waals surface area contributed by atoms with E-state index in [-0.39, 0.29) is 5.91 Å². The second kappa shape index (κ2) is 6.70. The molecule has 0 unspecified atom stereocenters. The van der Waals surface area contributed by atoms with Crippen molar-refractivity contribution in [2.45, 2.75) is 4.90 Å². The van der Waals surface area contributed by atoms with Crippen LogP contribution in [0.1, 0.15) is 16.1 Å². The number of carbonyl (C=O) groups is 1. The minimum Gasteiger partial charge on any atom is -0.266 e. The molecule has 0 saturated carbocycles. The summed E-state index contributed by atoms with van der Waals surface area (Å²) in [7, 11) is 0. The number of aromatic nitrogens is 1. The van der Waals surface area contributed by atoms with Gasteiger partial charge in [-0.25, -0.2) is 5.43 Å². The molecule has 0 saturated heterocycles. The zero-order chi connectivity index (χ0) is 13.5. The third kappa shape index (κ3) is 3.93. The predicted molar refractivity (Wildman–Crippen MR) is 77.5 cm³/mol. The summed E-state index contributed by atoms with van der Waals surface area (Å²) >= 11 is 1.68. The monoisotopic (exact) mass is 271 g/mol. The van der Waals surface area contributed by atoms with Gasteiger partial charge in [0.15, 0.2) is 0 Å². The lowest BCUT2D eigenvalue weighted by atomic mass is 10.2. The first-order chi connectivity index (χ1) is 9.29. The van der Waals surface area contributed by atoms with Gasteiger partial charge in [-0.3, -0.25) is 9.78 Å². The van der Waals surface area contributed by atoms with Gasteiger partial charge in [0.25, 0.3) is 5.91 Å². The number of thioether (sulfide) groups is 1. The van der Waals surface area contributed by atoms with Crippen LogP contribution in [0, 0.1) is 0 Å². The largest absolute Gasteiger partial charge is 0.289 e. The topological polar surface area (TPSA) is 54.4 Å². The van der Waals surface area contributed by atoms with E-state index >= 15 is 0 Å². The highest BCUT2D eigenvalue weighted by Crippen LogP contribution is 2.13. The fraction of sp³-hybridized carbons (Fsp3) is 0.0714. The lowest BCUT2D eigenvalue weighted by molar-refractivity contribution is 0.0950. The number of nitrogens with zero attached hydrogens (tertiary/aromatic N) is 2. The molecule has 2 aromatic rings. The zero-order valence-corrected chi connectivity index (χ0v) is 11.2. The number of amides is 1. The minimum atomic E-state index is -0.322. The molecule has 1 N–H and O–H groups in total. The molecular formula is C14H13N3OS. The number of hydrazone groups is 1. The van der Waals surface area contributed by atoms with Crippen LogP contribution in [0.4, 0.5) is 0 Å². The Hall–Kier alpha value is -2.14. The summed E-state index contributed by atoms with van der Waals surface area (Å²) in [6.07, 6.45) is 5.20. The van der Waals surface area contributed by atoms with Crippen molar-refractivity contribution < 1.29 is 4.79 Å². The number of benzene rings is 1. The van der Waals surface area contributed by atoms with Gasteiger partial charge in [-0.1, -0.05) is 18.2 Å². The summed E-state index contributed by atoms with van der Waals surface area (Å²) < 4.78 is 0. The fourth-order valence-corrected chi connectivity index (χ4v) is 1.82. The van der Waals surface area contributed by atoms with Crippen molar-refractivity contribution in [3.05, 3.63) is 59.9 Å². The van der Waals surface area contributed by atoms with Crippen LogP contribution in [0.2, 0.25) is 0 Å². The predicted octanol–water partition coefficient (Wildman–Crippen LogP) is 2.57. The third-order valence-electron chi connectivity index (χ3n) is 2.39. The molecule has 0 aliphatic rings. The normalized spacial score (nSPS) is 10.6. The molecule has 19 heavy (non-hydrogen) atoms. The Labute approximate surface area is 116 Å². The Balaban J connectivity index is 1.94. The Morgan fingerprint density at radius 1 is 1.26 bits per heavy atom. The summed E-state index contributed by atoms with van der Waals surface area (Å²) in [4.78, 5) is 16.8. The standard InChI is InChI=1S/C14H13N3OS/c1-19-12-7-5-11(6-8-12)10-16-17-14(18)13-4-2-3-9-15-13/h2-10H,1H3,(H,17,18)/b16-10+. The van der Waals surface area contributed by atoms with E-state index in [1.54, 1.807) is 42.4 Å². The maximum atomic E-state index is 11.6. The molecule has 2 rings (SSSR count). The zero-order valence-electron chi connectivity index (χ0n) is 10.4. The molecule has 0 aliphatic heterocycles. The average Bonchev–Trinajstić information content (AvgIpc) is 2.49. The highest BCUT2D eigenvalue weighted by Gasteiger charge is 2.03. The van der Waals surface area contributed by atoms with Gasteiger partial charge in [0, 0.05) is 11.1 Å². The first-order valence-electron chi connectivity index (χ1n) is 5.68. The van der Waals surface area contributed by atoms with Crippen LogP contribution in [0.15, 0.2) is 58.7 Å². The summed E-state index contributed by atoms with van der Waals surface area (Å²) in [5.41, 5.74) is 3.71. The molecule has 0 radical (unpaired) electrons. The van der Waals surface area contributed by atoms with Crippen LogP contribution in [0.25, 0.3) is 0 Å². The van der Waals surface area contributed by atoms with E-state index in [0.29, 0.717) is 5.69 Å². The van der Waals surface area contributed by atoms with Gasteiger partial charge in [-0.05, 0) is 36.1 Å². The van der Waals surface area contributed by atoms with Crippen molar-refractivity contribution in [3.63, 3.8) is 0 Å². The molecule has 4 nitrogen and oxygen atoms in total. The van der Waals surface area contributed by atoms with Crippen molar-refractivity contribution in [2.24, 2.45) is 5.10 Å². The highest BCUT2D eigenvalue weighted by atomic mass is 32.2. The third-order valence-corrected chi connectivity index (χ3v) is 3.14. The molecule has 0 fully saturated rings. The molecular weight excluding hydrogens is 258 g/mol. The van der Waals surface area contributed by atoms with Crippen molar-refractivity contribution in [1.82, 2.24) is 10.4 Å². The van der Waals surface area contributed by atoms with Crippen LogP contribution in [0.5, 0.6) is 0 Å². The van der Waals surface area contributed by atoms with E-state index < -0.39 is 0 Å². The van der Waals surface area contributed by atoms with Crippen LogP contribution in [-0.2, 0) is 0 Å². The van der Waals surface area contributed by atoms with E-state index in [1.165, 1.54) is 4.90 Å². The van der Waals surface area contributed by atoms with Crippen molar-refractivity contribution in [2.75, 3.05) is 6.26 Å². The quantitative estimate of drug-likeness (QED) is 0.528. The van der Waals surface area contributed by atoms with Crippen molar-refractivity contribution >= 4 is 23.9 Å². The summed E-state index contributed by atoms with van der Waals surface area (Å²) in [6.45, 7) is 0. The van der Waals surface area contributed by atoms with Crippen LogP contribution in [-0.4, -0.2) is 23.4 Å². The minimum absolute atomic E-state index is 0.322. The fourth-order valence-electron chi connectivity index (χ4n) is 1.41. The Kier molecular flexibility index (Phi) is 4.69. The number of nitrogens with one attached hydrogen (secondary N) is 1. The molecule has 5 heteroatoms. The summed E-state index contributed by atoms with van der Waals surface area (Å²) in [5, 5.41) is 3.90. The molecule has 96 valence electrons. The Morgan fingerprint density at radius 3 is 2.68 bits per heavy atom. The average molecular weight is 271 g/mol. The first kappa shape index (κ1) is 13.3. The summed E-state index contributed by atoms with van der Waals surface area (Å²) in [6, 6.07) is 13.1. The van der Waals surface area contributed by atoms with Gasteiger partial charge in [-0.15, -0.1) is 11.8 Å². The lowest BCUT2D eigenvalue weighted by Gasteiger charge is -1.99. The first-order valence-corrected chi connectivity index (χ1v) is 6.90. The Morgan fingerprint density at radius 2 is 2.05 bits per heavy atom. The number of rotatable bonds is 4. The van der Waals surface area contributed by atoms with Crippen molar-refractivity contribution in [3.8, 4) is 0 Å². The van der Waals surface area contributed by atoms with Crippen molar-refractivity contribution in [1.29, 1.82) is 0 Å². The number of pyridine rings is 1. The van der Waals surface area contributed by atoms with E-state index in [2.05, 4.69) is 15.5 Å². The number of carbonyl (C=O) groups excluding carboxylic acids is 1. The van der Waals surface area contributed by atoms with Crippen LogP contribution < -0.4 is 5.43 Å². The van der Waals surface area contributed by atoms with Gasteiger partial charge in [-0.2, -0.15) is 5.10 Å². The molecule has 1 amide bonds. The molecule has 1 aromatic carbocycles. The van der Waals surface area contributed by atoms with Crippen LogP contribution >= 0.6 is 11.8 Å². The van der Waals surface area contributed by atoms with E-state index in [4.69, 9.17) is 0 Å². The smallest absolute Gasteiger partial charge is 0.266 e. The Bertz CT molecular complexity index is 567. The van der Waals surface area contributed by atoms with E-state index in [1.807, 2.05) is 30.5 Å². The molecule has 1 aromatic heterocycles.